The van der Waals surface area contributed by atoms with E-state index in [1.165, 1.54) is 10.6 Å². The highest BCUT2D eigenvalue weighted by Crippen LogP contribution is 2.25. The van der Waals surface area contributed by atoms with Gasteiger partial charge in [0.1, 0.15) is 15.8 Å². The first-order chi connectivity index (χ1) is 11.1. The maximum absolute atomic E-state index is 13.0. The Balaban J connectivity index is 2.20. The van der Waals surface area contributed by atoms with Gasteiger partial charge < -0.3 is 0 Å². The minimum atomic E-state index is -1.42. The van der Waals surface area contributed by atoms with Crippen LogP contribution in [0, 0.1) is 6.92 Å². The van der Waals surface area contributed by atoms with Crippen LogP contribution in [0.4, 0.5) is 0 Å². The maximum atomic E-state index is 13.0. The second-order valence-electron chi connectivity index (χ2n) is 5.30. The number of nitrogens with zero attached hydrogens (tertiary/aromatic N) is 1. The Morgan fingerprint density at radius 3 is 2.48 bits per heavy atom. The predicted octanol–water partition coefficient (Wildman–Crippen LogP) is 4.33. The highest BCUT2D eigenvalue weighted by atomic mass is 32.2. The first-order valence-corrected chi connectivity index (χ1v) is 8.53. The van der Waals surface area contributed by atoms with Crippen LogP contribution in [-0.2, 0) is 10.8 Å². The van der Waals surface area contributed by atoms with E-state index in [0.717, 1.165) is 16.5 Å². The summed E-state index contributed by atoms with van der Waals surface area (Å²) in [5.74, 6) is -0.191. The molecule has 2 aromatic carbocycles. The Morgan fingerprint density at radius 2 is 1.78 bits per heavy atom. The Labute approximate surface area is 137 Å². The average molecular weight is 323 g/mol. The van der Waals surface area contributed by atoms with Crippen molar-refractivity contribution in [1.29, 1.82) is 0 Å². The number of benzene rings is 2. The van der Waals surface area contributed by atoms with Crippen molar-refractivity contribution in [2.24, 2.45) is 0 Å². The molecule has 4 heteroatoms. The fourth-order valence-electron chi connectivity index (χ4n) is 2.49. The van der Waals surface area contributed by atoms with Crippen LogP contribution in [0.5, 0.6) is 0 Å². The third-order valence-corrected chi connectivity index (χ3v) is 5.01. The zero-order chi connectivity index (χ0) is 16.4. The second kappa shape index (κ2) is 6.34. The number of rotatable bonds is 3. The number of allylic oxidation sites excluding steroid dienone is 2. The molecule has 0 aliphatic rings. The van der Waals surface area contributed by atoms with Crippen LogP contribution in [0.1, 0.15) is 17.3 Å². The van der Waals surface area contributed by atoms with Crippen LogP contribution in [-0.4, -0.2) is 14.7 Å². The maximum Gasteiger partial charge on any atom is 0.255 e. The van der Waals surface area contributed by atoms with E-state index < -0.39 is 10.8 Å². The van der Waals surface area contributed by atoms with Crippen molar-refractivity contribution in [1.82, 2.24) is 4.57 Å². The van der Waals surface area contributed by atoms with Gasteiger partial charge in [-0.2, -0.15) is 0 Å². The van der Waals surface area contributed by atoms with Gasteiger partial charge in [0, 0.05) is 10.3 Å². The van der Waals surface area contributed by atoms with Gasteiger partial charge in [0.15, 0.2) is 0 Å². The van der Waals surface area contributed by atoms with Crippen LogP contribution in [0.3, 0.4) is 0 Å². The number of aryl methyl sites for hydroxylation is 1. The summed E-state index contributed by atoms with van der Waals surface area (Å²) in [7, 11) is -1.42. The number of carbonyl (C=O) groups excluding carboxylic acids is 1. The first kappa shape index (κ1) is 15.4. The Bertz CT molecular complexity index is 920. The van der Waals surface area contributed by atoms with Crippen LogP contribution in [0.15, 0.2) is 76.7 Å². The minimum absolute atomic E-state index is 0.191. The summed E-state index contributed by atoms with van der Waals surface area (Å²) < 4.78 is 14.5. The van der Waals surface area contributed by atoms with E-state index in [1.54, 1.807) is 13.0 Å². The van der Waals surface area contributed by atoms with Crippen LogP contribution in [0.2, 0.25) is 0 Å². The van der Waals surface area contributed by atoms with Gasteiger partial charge in [0.05, 0.1) is 5.52 Å². The summed E-state index contributed by atoms with van der Waals surface area (Å²) in [6.07, 6.45) is 3.18. The summed E-state index contributed by atoms with van der Waals surface area (Å²) in [6.45, 7) is 3.78. The summed E-state index contributed by atoms with van der Waals surface area (Å²) >= 11 is 0. The quantitative estimate of drug-likeness (QED) is 0.673. The van der Waals surface area contributed by atoms with Crippen LogP contribution >= 0.6 is 0 Å². The lowest BCUT2D eigenvalue weighted by atomic mass is 10.2. The van der Waals surface area contributed by atoms with E-state index in [0.29, 0.717) is 9.92 Å². The molecule has 0 fully saturated rings. The van der Waals surface area contributed by atoms with Gasteiger partial charge in [0.25, 0.3) is 5.91 Å². The van der Waals surface area contributed by atoms with Crippen molar-refractivity contribution < 1.29 is 9.00 Å². The highest BCUT2D eigenvalue weighted by Gasteiger charge is 2.19. The summed E-state index contributed by atoms with van der Waals surface area (Å²) in [4.78, 5) is 13.2. The number of hydrogen-bond donors (Lipinski definition) is 0. The first-order valence-electron chi connectivity index (χ1n) is 7.38. The van der Waals surface area contributed by atoms with Gasteiger partial charge in [-0.1, -0.05) is 42.0 Å². The van der Waals surface area contributed by atoms with Gasteiger partial charge in [0.2, 0.25) is 0 Å². The van der Waals surface area contributed by atoms with Crippen molar-refractivity contribution in [3.05, 3.63) is 72.3 Å². The van der Waals surface area contributed by atoms with Gasteiger partial charge >= 0.3 is 0 Å². The second-order valence-corrected chi connectivity index (χ2v) is 6.72. The number of fused-ring (bicyclic) bond motifs is 1. The molecular weight excluding hydrogens is 306 g/mol. The Hall–Kier alpha value is -2.46. The number of hydrogen-bond acceptors (Lipinski definition) is 2. The van der Waals surface area contributed by atoms with E-state index in [1.807, 2.05) is 61.5 Å². The van der Waals surface area contributed by atoms with Crippen LogP contribution < -0.4 is 0 Å². The summed E-state index contributed by atoms with van der Waals surface area (Å²) in [6, 6.07) is 16.9. The highest BCUT2D eigenvalue weighted by molar-refractivity contribution is 7.85. The molecule has 0 saturated heterocycles. The van der Waals surface area contributed by atoms with Crippen molar-refractivity contribution in [2.45, 2.75) is 23.8 Å². The molecule has 23 heavy (non-hydrogen) atoms. The van der Waals surface area contributed by atoms with Gasteiger partial charge in [-0.25, -0.2) is 4.21 Å². The number of aromatic nitrogens is 1. The lowest BCUT2D eigenvalue weighted by molar-refractivity contribution is 0.0965. The van der Waals surface area contributed by atoms with Crippen molar-refractivity contribution in [3.63, 3.8) is 0 Å². The minimum Gasteiger partial charge on any atom is -0.269 e. The summed E-state index contributed by atoms with van der Waals surface area (Å²) in [5.41, 5.74) is 1.88. The molecule has 0 radical (unpaired) electrons. The fourth-order valence-corrected chi connectivity index (χ4v) is 3.71. The molecule has 0 N–H and O–H groups in total. The molecule has 3 nitrogen and oxygen atoms in total. The molecule has 1 atom stereocenters. The number of carbonyl (C=O) groups is 1. The van der Waals surface area contributed by atoms with Gasteiger partial charge in [-0.15, -0.1) is 0 Å². The lowest BCUT2D eigenvalue weighted by Gasteiger charge is -2.07. The third-order valence-electron chi connectivity index (χ3n) is 3.63. The molecule has 1 heterocycles. The molecule has 116 valence electrons. The topological polar surface area (TPSA) is 39.1 Å². The largest absolute Gasteiger partial charge is 0.269 e. The fraction of sp³-hybridized carbons (Fsp3) is 0.105. The Kier molecular flexibility index (Phi) is 4.26. The standard InChI is InChI=1S/C19H17NO2S/c1-3-6-18(21)20-17-8-5-4-7-15(17)13-19(20)23(22)16-11-9-14(2)10-12-16/h3-13H,1-2H3/b6-3+/t23-/m0/s1. The zero-order valence-corrected chi connectivity index (χ0v) is 13.8. The zero-order valence-electron chi connectivity index (χ0n) is 13.0. The molecule has 3 rings (SSSR count). The molecule has 3 aromatic rings. The molecule has 1 aromatic heterocycles. The Morgan fingerprint density at radius 1 is 1.09 bits per heavy atom. The summed E-state index contributed by atoms with van der Waals surface area (Å²) in [5, 5.41) is 1.40. The van der Waals surface area contributed by atoms with Gasteiger partial charge in [-0.05, 0) is 44.2 Å². The average Bonchev–Trinajstić information content (AvgIpc) is 2.94. The van der Waals surface area contributed by atoms with Crippen LogP contribution in [0.25, 0.3) is 10.9 Å². The molecule has 0 amide bonds. The van der Waals surface area contributed by atoms with Gasteiger partial charge in [-0.3, -0.25) is 9.36 Å². The predicted molar refractivity (Wildman–Crippen MR) is 93.2 cm³/mol. The molecular formula is C19H17NO2S. The van der Waals surface area contributed by atoms with E-state index >= 15 is 0 Å². The third kappa shape index (κ3) is 2.90. The SMILES string of the molecule is C/C=C/C(=O)n1c([S@@](=O)c2ccc(C)cc2)cc2ccccc21. The lowest BCUT2D eigenvalue weighted by Crippen LogP contribution is -2.12. The number of para-hydroxylation sites is 1. The van der Waals surface area contributed by atoms with Crippen molar-refractivity contribution >= 4 is 27.6 Å². The van der Waals surface area contributed by atoms with E-state index in [4.69, 9.17) is 0 Å². The van der Waals surface area contributed by atoms with Crippen molar-refractivity contribution in [2.75, 3.05) is 0 Å². The smallest absolute Gasteiger partial charge is 0.255 e. The molecule has 0 saturated carbocycles. The van der Waals surface area contributed by atoms with E-state index in [2.05, 4.69) is 0 Å². The van der Waals surface area contributed by atoms with E-state index in [-0.39, 0.29) is 5.91 Å². The normalized spacial score (nSPS) is 12.8. The molecule has 0 spiro atoms. The molecule has 0 aliphatic heterocycles. The molecule has 0 aliphatic carbocycles. The molecule has 0 bridgehead atoms. The van der Waals surface area contributed by atoms with Crippen molar-refractivity contribution in [3.8, 4) is 0 Å². The molecule has 0 unspecified atom stereocenters. The monoisotopic (exact) mass is 323 g/mol. The van der Waals surface area contributed by atoms with E-state index in [9.17, 15) is 9.00 Å².